The monoisotopic (exact) mass is 271 g/mol. The molecule has 1 heterocycles. The second kappa shape index (κ2) is 5.90. The number of carbonyl (C=O) groups excluding carboxylic acids is 2. The number of carbonyl (C=O) groups is 3. The summed E-state index contributed by atoms with van der Waals surface area (Å²) in [5, 5.41) is 11.3. The zero-order valence-electron chi connectivity index (χ0n) is 11.3. The molecule has 1 atom stereocenters. The van der Waals surface area contributed by atoms with Crippen molar-refractivity contribution in [3.63, 3.8) is 0 Å². The second-order valence-corrected chi connectivity index (χ2v) is 5.70. The van der Waals surface area contributed by atoms with Crippen LogP contribution < -0.4 is 11.1 Å². The highest BCUT2D eigenvalue weighted by atomic mass is 16.4. The number of nitrogens with two attached hydrogens (primary N) is 1. The van der Waals surface area contributed by atoms with E-state index in [0.717, 1.165) is 12.8 Å². The number of amides is 3. The van der Waals surface area contributed by atoms with E-state index in [1.807, 2.05) is 0 Å². The number of aliphatic carboxylic acids is 1. The molecular weight excluding hydrogens is 250 g/mol. The van der Waals surface area contributed by atoms with Crippen molar-refractivity contribution in [2.75, 3.05) is 13.1 Å². The summed E-state index contributed by atoms with van der Waals surface area (Å²) in [5.74, 6) is -2.02. The Kier molecular flexibility index (Phi) is 4.74. The molecule has 3 amide bonds. The third kappa shape index (κ3) is 4.76. The van der Waals surface area contributed by atoms with Crippen LogP contribution in [0.25, 0.3) is 0 Å². The van der Waals surface area contributed by atoms with Gasteiger partial charge in [0.15, 0.2) is 0 Å². The molecule has 1 rings (SSSR count). The van der Waals surface area contributed by atoms with E-state index >= 15 is 0 Å². The predicted molar refractivity (Wildman–Crippen MR) is 68.4 cm³/mol. The van der Waals surface area contributed by atoms with Crippen LogP contribution in [0.2, 0.25) is 0 Å². The van der Waals surface area contributed by atoms with Gasteiger partial charge in [0.05, 0.1) is 6.42 Å². The predicted octanol–water partition coefficient (Wildman–Crippen LogP) is 0.147. The Morgan fingerprint density at radius 2 is 2.05 bits per heavy atom. The Labute approximate surface area is 112 Å². The van der Waals surface area contributed by atoms with Gasteiger partial charge in [0.1, 0.15) is 6.04 Å². The minimum Gasteiger partial charge on any atom is -0.480 e. The van der Waals surface area contributed by atoms with Crippen molar-refractivity contribution >= 4 is 17.9 Å². The Bertz CT molecular complexity index is 381. The van der Waals surface area contributed by atoms with Gasteiger partial charge in [-0.2, -0.15) is 0 Å². The quantitative estimate of drug-likeness (QED) is 0.675. The lowest BCUT2D eigenvalue weighted by atomic mass is 9.84. The smallest absolute Gasteiger partial charge is 0.326 e. The Morgan fingerprint density at radius 3 is 2.53 bits per heavy atom. The summed E-state index contributed by atoms with van der Waals surface area (Å²) in [6.07, 6.45) is 1.51. The largest absolute Gasteiger partial charge is 0.480 e. The molecule has 0 aromatic carbocycles. The number of primary amides is 1. The molecule has 1 fully saturated rings. The van der Waals surface area contributed by atoms with Crippen molar-refractivity contribution in [1.82, 2.24) is 10.2 Å². The van der Waals surface area contributed by atoms with E-state index in [-0.39, 0.29) is 5.41 Å². The number of rotatable bonds is 4. The fraction of sp³-hybridized carbons (Fsp3) is 0.750. The molecule has 4 N–H and O–H groups in total. The first-order valence-corrected chi connectivity index (χ1v) is 6.28. The van der Waals surface area contributed by atoms with Crippen LogP contribution in [0.4, 0.5) is 4.79 Å². The summed E-state index contributed by atoms with van der Waals surface area (Å²) in [4.78, 5) is 35.3. The summed E-state index contributed by atoms with van der Waals surface area (Å²) >= 11 is 0. The van der Waals surface area contributed by atoms with Crippen molar-refractivity contribution in [2.24, 2.45) is 11.1 Å². The maximum absolute atomic E-state index is 12.0. The molecule has 0 bridgehead atoms. The first-order valence-electron chi connectivity index (χ1n) is 6.28. The Morgan fingerprint density at radius 1 is 1.42 bits per heavy atom. The Balaban J connectivity index is 2.61. The number of nitrogens with one attached hydrogen (secondary N) is 1. The average molecular weight is 271 g/mol. The van der Waals surface area contributed by atoms with E-state index in [0.29, 0.717) is 13.1 Å². The van der Waals surface area contributed by atoms with E-state index in [1.165, 1.54) is 0 Å². The van der Waals surface area contributed by atoms with Crippen molar-refractivity contribution < 1.29 is 19.5 Å². The van der Waals surface area contributed by atoms with Crippen molar-refractivity contribution in [3.8, 4) is 0 Å². The maximum atomic E-state index is 12.0. The van der Waals surface area contributed by atoms with Gasteiger partial charge in [-0.3, -0.25) is 4.79 Å². The molecule has 0 spiro atoms. The van der Waals surface area contributed by atoms with Crippen LogP contribution in [-0.2, 0) is 9.59 Å². The normalized spacial score (nSPS) is 19.6. The van der Waals surface area contributed by atoms with Crippen molar-refractivity contribution in [2.45, 2.75) is 39.2 Å². The molecule has 1 aliphatic rings. The molecule has 0 aliphatic carbocycles. The fourth-order valence-corrected chi connectivity index (χ4v) is 2.24. The van der Waals surface area contributed by atoms with Crippen LogP contribution in [0, 0.1) is 5.41 Å². The first-order chi connectivity index (χ1) is 8.71. The highest BCUT2D eigenvalue weighted by molar-refractivity contribution is 5.87. The second-order valence-electron chi connectivity index (χ2n) is 5.70. The number of piperidine rings is 1. The highest BCUT2D eigenvalue weighted by Crippen LogP contribution is 2.28. The molecular formula is C12H21N3O4. The number of likely N-dealkylation sites (tertiary alicyclic amines) is 1. The van der Waals surface area contributed by atoms with Gasteiger partial charge in [-0.15, -0.1) is 0 Å². The number of urea groups is 1. The van der Waals surface area contributed by atoms with E-state index in [9.17, 15) is 14.4 Å². The number of hydrogen-bond donors (Lipinski definition) is 3. The lowest BCUT2D eigenvalue weighted by molar-refractivity contribution is -0.141. The van der Waals surface area contributed by atoms with E-state index in [2.05, 4.69) is 19.2 Å². The van der Waals surface area contributed by atoms with Gasteiger partial charge in [0.2, 0.25) is 5.91 Å². The number of hydrogen-bond acceptors (Lipinski definition) is 3. The molecule has 0 saturated carbocycles. The van der Waals surface area contributed by atoms with Crippen LogP contribution in [0.5, 0.6) is 0 Å². The van der Waals surface area contributed by atoms with Crippen LogP contribution in [-0.4, -0.2) is 47.0 Å². The van der Waals surface area contributed by atoms with Gasteiger partial charge < -0.3 is 21.1 Å². The summed E-state index contributed by atoms with van der Waals surface area (Å²) in [5.41, 5.74) is 4.99. The molecule has 0 radical (unpaired) electrons. The molecule has 7 heteroatoms. The third-order valence-corrected chi connectivity index (χ3v) is 3.19. The topological polar surface area (TPSA) is 113 Å². The summed E-state index contributed by atoms with van der Waals surface area (Å²) in [6.45, 7) is 5.29. The van der Waals surface area contributed by atoms with Crippen LogP contribution >= 0.6 is 0 Å². The fourth-order valence-electron chi connectivity index (χ4n) is 2.24. The van der Waals surface area contributed by atoms with E-state index < -0.39 is 30.4 Å². The standard InChI is InChI=1S/C12H21N3O4/c1-12(2)4-3-5-15(7-12)11(19)14-8(10(17)18)6-9(13)16/h8H,3-7H2,1-2H3,(H2,13,16)(H,14,19)(H,17,18)/t8-/m0/s1. The van der Waals surface area contributed by atoms with Gasteiger partial charge in [-0.1, -0.05) is 13.8 Å². The molecule has 7 nitrogen and oxygen atoms in total. The SMILES string of the molecule is CC1(C)CCCN(C(=O)N[C@@H](CC(N)=O)C(=O)O)C1. The zero-order chi connectivity index (χ0) is 14.6. The third-order valence-electron chi connectivity index (χ3n) is 3.19. The molecule has 108 valence electrons. The van der Waals surface area contributed by atoms with Crippen LogP contribution in [0.15, 0.2) is 0 Å². The van der Waals surface area contributed by atoms with E-state index in [4.69, 9.17) is 10.8 Å². The number of carboxylic acid groups (broad SMARTS) is 1. The summed E-state index contributed by atoms with van der Waals surface area (Å²) in [6, 6.07) is -1.73. The van der Waals surface area contributed by atoms with Gasteiger partial charge in [-0.05, 0) is 18.3 Å². The molecule has 0 aromatic heterocycles. The lowest BCUT2D eigenvalue weighted by Crippen LogP contribution is -2.53. The van der Waals surface area contributed by atoms with Crippen LogP contribution in [0.1, 0.15) is 33.1 Å². The molecule has 1 saturated heterocycles. The van der Waals surface area contributed by atoms with E-state index in [1.54, 1.807) is 4.90 Å². The molecule has 0 unspecified atom stereocenters. The molecule has 0 aromatic rings. The van der Waals surface area contributed by atoms with Gasteiger partial charge in [0, 0.05) is 13.1 Å². The van der Waals surface area contributed by atoms with Gasteiger partial charge >= 0.3 is 12.0 Å². The summed E-state index contributed by atoms with van der Waals surface area (Å²) < 4.78 is 0. The summed E-state index contributed by atoms with van der Waals surface area (Å²) in [7, 11) is 0. The van der Waals surface area contributed by atoms with Crippen molar-refractivity contribution in [3.05, 3.63) is 0 Å². The number of nitrogens with zero attached hydrogens (tertiary/aromatic N) is 1. The molecule has 1 aliphatic heterocycles. The van der Waals surface area contributed by atoms with Crippen molar-refractivity contribution in [1.29, 1.82) is 0 Å². The molecule has 19 heavy (non-hydrogen) atoms. The minimum absolute atomic E-state index is 0.0258. The lowest BCUT2D eigenvalue weighted by Gasteiger charge is -2.38. The number of carboxylic acids is 1. The van der Waals surface area contributed by atoms with Crippen LogP contribution in [0.3, 0.4) is 0 Å². The highest BCUT2D eigenvalue weighted by Gasteiger charge is 2.31. The minimum atomic E-state index is -1.27. The van der Waals surface area contributed by atoms with Gasteiger partial charge in [0.25, 0.3) is 0 Å². The van der Waals surface area contributed by atoms with Gasteiger partial charge in [-0.25, -0.2) is 9.59 Å². The Hall–Kier alpha value is -1.79. The first kappa shape index (κ1) is 15.3. The maximum Gasteiger partial charge on any atom is 0.326 e. The average Bonchev–Trinajstić information content (AvgIpc) is 2.25. The zero-order valence-corrected chi connectivity index (χ0v) is 11.3.